The fourth-order valence-electron chi connectivity index (χ4n) is 4.55. The predicted molar refractivity (Wildman–Crippen MR) is 142 cm³/mol. The fourth-order valence-corrected chi connectivity index (χ4v) is 4.55. The van der Waals surface area contributed by atoms with E-state index in [0.29, 0.717) is 11.3 Å². The minimum Gasteiger partial charge on any atom is -0.443 e. The van der Waals surface area contributed by atoms with Crippen LogP contribution in [0.1, 0.15) is 45.2 Å². The SMILES string of the molecule is CC(=O)N(C[C@H]1CN(c2ccc(C3=CCN(Cc4ccccc4)CC3)c(F)c2)C(=O)O1)C(=O)OC(C)(C)C. The number of halogens is 1. The van der Waals surface area contributed by atoms with Crippen LogP contribution in [0.5, 0.6) is 0 Å². The number of hydrogen-bond acceptors (Lipinski definition) is 6. The van der Waals surface area contributed by atoms with Gasteiger partial charge < -0.3 is 9.47 Å². The molecule has 0 aliphatic carbocycles. The van der Waals surface area contributed by atoms with E-state index < -0.39 is 35.6 Å². The Morgan fingerprint density at radius 2 is 1.89 bits per heavy atom. The molecule has 0 N–H and O–H groups in total. The van der Waals surface area contributed by atoms with Crippen LogP contribution >= 0.6 is 0 Å². The summed E-state index contributed by atoms with van der Waals surface area (Å²) in [6, 6.07) is 14.9. The van der Waals surface area contributed by atoms with Crippen LogP contribution in [0.4, 0.5) is 19.7 Å². The number of imide groups is 1. The number of cyclic esters (lactones) is 1. The zero-order valence-corrected chi connectivity index (χ0v) is 22.3. The molecule has 2 aromatic carbocycles. The van der Waals surface area contributed by atoms with Gasteiger partial charge in [-0.3, -0.25) is 14.6 Å². The number of anilines is 1. The second kappa shape index (κ2) is 11.3. The van der Waals surface area contributed by atoms with Crippen LogP contribution in [0.3, 0.4) is 0 Å². The average Bonchev–Trinajstić information content (AvgIpc) is 3.22. The van der Waals surface area contributed by atoms with Gasteiger partial charge in [0.1, 0.15) is 17.5 Å². The number of hydrogen-bond donors (Lipinski definition) is 0. The topological polar surface area (TPSA) is 79.4 Å². The van der Waals surface area contributed by atoms with Gasteiger partial charge in [-0.1, -0.05) is 36.4 Å². The second-order valence-corrected chi connectivity index (χ2v) is 10.6. The molecule has 3 amide bonds. The van der Waals surface area contributed by atoms with Crippen molar-refractivity contribution in [3.8, 4) is 0 Å². The Kier molecular flexibility index (Phi) is 8.16. The molecule has 0 bridgehead atoms. The molecule has 9 heteroatoms. The molecule has 2 aliphatic heterocycles. The number of benzene rings is 2. The smallest absolute Gasteiger partial charge is 0.417 e. The van der Waals surface area contributed by atoms with Crippen molar-refractivity contribution < 1.29 is 28.2 Å². The molecule has 0 saturated carbocycles. The van der Waals surface area contributed by atoms with Gasteiger partial charge in [0.05, 0.1) is 18.8 Å². The van der Waals surface area contributed by atoms with E-state index >= 15 is 4.39 Å². The lowest BCUT2D eigenvalue weighted by Crippen LogP contribution is -2.44. The predicted octanol–water partition coefficient (Wildman–Crippen LogP) is 5.22. The van der Waals surface area contributed by atoms with Crippen molar-refractivity contribution in [1.29, 1.82) is 0 Å². The molecule has 0 aromatic heterocycles. The van der Waals surface area contributed by atoms with Crippen molar-refractivity contribution in [1.82, 2.24) is 9.80 Å². The molecule has 1 atom stereocenters. The van der Waals surface area contributed by atoms with Crippen LogP contribution in [0.2, 0.25) is 0 Å². The van der Waals surface area contributed by atoms with E-state index in [9.17, 15) is 14.4 Å². The highest BCUT2D eigenvalue weighted by Gasteiger charge is 2.37. The number of carbonyl (C=O) groups is 3. The summed E-state index contributed by atoms with van der Waals surface area (Å²) in [4.78, 5) is 41.6. The Bertz CT molecular complexity index is 1220. The lowest BCUT2D eigenvalue weighted by molar-refractivity contribution is -0.129. The van der Waals surface area contributed by atoms with Gasteiger partial charge in [-0.05, 0) is 56.5 Å². The summed E-state index contributed by atoms with van der Waals surface area (Å²) < 4.78 is 25.9. The molecular formula is C29H34FN3O5. The van der Waals surface area contributed by atoms with Crippen LogP contribution in [-0.4, -0.2) is 65.8 Å². The average molecular weight is 524 g/mol. The quantitative estimate of drug-likeness (QED) is 0.516. The van der Waals surface area contributed by atoms with Crippen molar-refractivity contribution in [3.05, 3.63) is 71.6 Å². The first kappa shape index (κ1) is 27.3. The van der Waals surface area contributed by atoms with E-state index in [2.05, 4.69) is 23.1 Å². The van der Waals surface area contributed by atoms with Crippen molar-refractivity contribution in [2.24, 2.45) is 0 Å². The van der Waals surface area contributed by atoms with E-state index in [1.807, 2.05) is 18.2 Å². The highest BCUT2D eigenvalue weighted by atomic mass is 19.1. The Labute approximate surface area is 222 Å². The lowest BCUT2D eigenvalue weighted by atomic mass is 9.98. The van der Waals surface area contributed by atoms with E-state index in [-0.39, 0.29) is 13.1 Å². The number of amides is 3. The first-order valence-corrected chi connectivity index (χ1v) is 12.7. The number of nitrogens with zero attached hydrogens (tertiary/aromatic N) is 3. The molecule has 0 radical (unpaired) electrons. The number of rotatable bonds is 6. The number of ether oxygens (including phenoxy) is 2. The standard InChI is InChI=1S/C29H34FN3O5/c1-20(34)32(28(36)38-29(2,3)4)18-24-19-33(27(35)37-24)23-10-11-25(26(30)16-23)22-12-14-31(15-13-22)17-21-8-6-5-7-9-21/h5-12,16,24H,13-15,17-19H2,1-4H3/t24-/m0/s1. The zero-order valence-electron chi connectivity index (χ0n) is 22.3. The zero-order chi connectivity index (χ0) is 27.4. The van der Waals surface area contributed by atoms with Crippen molar-refractivity contribution in [3.63, 3.8) is 0 Å². The van der Waals surface area contributed by atoms with Gasteiger partial charge in [0, 0.05) is 32.1 Å². The van der Waals surface area contributed by atoms with Gasteiger partial charge in [0.25, 0.3) is 0 Å². The first-order chi connectivity index (χ1) is 18.0. The Balaban J connectivity index is 1.39. The van der Waals surface area contributed by atoms with E-state index in [0.717, 1.165) is 36.5 Å². The van der Waals surface area contributed by atoms with Crippen LogP contribution in [0, 0.1) is 5.82 Å². The minimum atomic E-state index is -0.807. The molecule has 2 aromatic rings. The molecule has 38 heavy (non-hydrogen) atoms. The fraction of sp³-hybridized carbons (Fsp3) is 0.414. The second-order valence-electron chi connectivity index (χ2n) is 10.6. The molecule has 0 spiro atoms. The lowest BCUT2D eigenvalue weighted by Gasteiger charge is -2.27. The highest BCUT2D eigenvalue weighted by molar-refractivity contribution is 5.92. The number of carbonyl (C=O) groups excluding carboxylic acids is 3. The van der Waals surface area contributed by atoms with Crippen molar-refractivity contribution >= 4 is 29.4 Å². The van der Waals surface area contributed by atoms with E-state index in [1.54, 1.807) is 32.9 Å². The summed E-state index contributed by atoms with van der Waals surface area (Å²) in [5.74, 6) is -0.937. The summed E-state index contributed by atoms with van der Waals surface area (Å²) in [6.07, 6.45) is 0.541. The van der Waals surface area contributed by atoms with Gasteiger partial charge in [-0.15, -0.1) is 0 Å². The molecule has 2 heterocycles. The van der Waals surface area contributed by atoms with E-state index in [1.165, 1.54) is 23.5 Å². The van der Waals surface area contributed by atoms with Crippen molar-refractivity contribution in [2.45, 2.75) is 52.4 Å². The molecular weight excluding hydrogens is 489 g/mol. The monoisotopic (exact) mass is 523 g/mol. The molecule has 8 nitrogen and oxygen atoms in total. The third kappa shape index (κ3) is 6.77. The minimum absolute atomic E-state index is 0.0708. The summed E-state index contributed by atoms with van der Waals surface area (Å²) in [6.45, 7) is 8.66. The molecule has 2 aliphatic rings. The van der Waals surface area contributed by atoms with Crippen molar-refractivity contribution in [2.75, 3.05) is 31.1 Å². The van der Waals surface area contributed by atoms with Crippen LogP contribution in [-0.2, 0) is 20.8 Å². The third-order valence-electron chi connectivity index (χ3n) is 6.41. The summed E-state index contributed by atoms with van der Waals surface area (Å²) in [5.41, 5.74) is 2.27. The first-order valence-electron chi connectivity index (χ1n) is 12.7. The molecule has 1 saturated heterocycles. The van der Waals surface area contributed by atoms with Crippen LogP contribution in [0.15, 0.2) is 54.6 Å². The Hall–Kier alpha value is -3.72. The van der Waals surface area contributed by atoms with Crippen LogP contribution in [0.25, 0.3) is 5.57 Å². The third-order valence-corrected chi connectivity index (χ3v) is 6.41. The summed E-state index contributed by atoms with van der Waals surface area (Å²) in [7, 11) is 0. The summed E-state index contributed by atoms with van der Waals surface area (Å²) in [5, 5.41) is 0. The van der Waals surface area contributed by atoms with E-state index in [4.69, 9.17) is 9.47 Å². The maximum absolute atomic E-state index is 15.2. The highest BCUT2D eigenvalue weighted by Crippen LogP contribution is 2.30. The largest absolute Gasteiger partial charge is 0.443 e. The van der Waals surface area contributed by atoms with Crippen LogP contribution < -0.4 is 4.90 Å². The molecule has 0 unspecified atom stereocenters. The van der Waals surface area contributed by atoms with Gasteiger partial charge in [-0.25, -0.2) is 18.9 Å². The van der Waals surface area contributed by atoms with Gasteiger partial charge in [0.2, 0.25) is 5.91 Å². The summed E-state index contributed by atoms with van der Waals surface area (Å²) >= 11 is 0. The Morgan fingerprint density at radius 3 is 2.50 bits per heavy atom. The maximum Gasteiger partial charge on any atom is 0.417 e. The molecule has 1 fully saturated rings. The molecule has 4 rings (SSSR count). The Morgan fingerprint density at radius 1 is 1.16 bits per heavy atom. The maximum atomic E-state index is 15.2. The van der Waals surface area contributed by atoms with Gasteiger partial charge >= 0.3 is 12.2 Å². The normalized spacial score (nSPS) is 18.1. The molecule has 202 valence electrons. The van der Waals surface area contributed by atoms with Gasteiger partial charge in [0.15, 0.2) is 0 Å². The van der Waals surface area contributed by atoms with Gasteiger partial charge in [-0.2, -0.15) is 0 Å².